The van der Waals surface area contributed by atoms with E-state index in [1.54, 1.807) is 19.1 Å². The maximum atomic E-state index is 13.3. The van der Waals surface area contributed by atoms with Crippen molar-refractivity contribution in [3.63, 3.8) is 0 Å². The van der Waals surface area contributed by atoms with Crippen LogP contribution in [0.15, 0.2) is 40.4 Å². The molecule has 0 fully saturated rings. The Hall–Kier alpha value is -2.80. The molecular weight excluding hydrogens is 334 g/mol. The first kappa shape index (κ1) is 18.0. The summed E-state index contributed by atoms with van der Waals surface area (Å²) in [5.41, 5.74) is 13.3. The predicted octanol–water partition coefficient (Wildman–Crippen LogP) is 1.91. The number of anilines is 1. The molecule has 0 saturated carbocycles. The number of ether oxygens (including phenoxy) is 1. The number of allylic oxidation sites excluding steroid dienone is 4. The van der Waals surface area contributed by atoms with E-state index in [9.17, 15) is 14.7 Å². The molecular formula is C19H23N3O4. The van der Waals surface area contributed by atoms with Crippen LogP contribution in [-0.4, -0.2) is 28.8 Å². The highest BCUT2D eigenvalue weighted by Crippen LogP contribution is 2.35. The molecule has 0 spiro atoms. The lowest BCUT2D eigenvalue weighted by Crippen LogP contribution is -2.37. The van der Waals surface area contributed by atoms with Gasteiger partial charge in [-0.15, -0.1) is 0 Å². The predicted molar refractivity (Wildman–Crippen MR) is 99.7 cm³/mol. The minimum Gasteiger partial charge on any atom is -0.512 e. The molecule has 138 valence electrons. The zero-order valence-corrected chi connectivity index (χ0v) is 14.9. The van der Waals surface area contributed by atoms with Crippen molar-refractivity contribution in [1.82, 2.24) is 4.57 Å². The van der Waals surface area contributed by atoms with Crippen LogP contribution in [0.2, 0.25) is 0 Å². The van der Waals surface area contributed by atoms with Gasteiger partial charge in [-0.1, -0.05) is 19.1 Å². The average molecular weight is 357 g/mol. The van der Waals surface area contributed by atoms with E-state index in [0.717, 1.165) is 5.57 Å². The fourth-order valence-electron chi connectivity index (χ4n) is 3.55. The number of aliphatic hydroxyl groups excluding tert-OH is 1. The van der Waals surface area contributed by atoms with E-state index in [1.807, 2.05) is 13.0 Å². The first-order valence-corrected chi connectivity index (χ1v) is 8.52. The number of amides is 1. The molecule has 2 heterocycles. The Labute approximate surface area is 151 Å². The van der Waals surface area contributed by atoms with E-state index >= 15 is 0 Å². The van der Waals surface area contributed by atoms with Crippen LogP contribution in [0.25, 0.3) is 5.57 Å². The van der Waals surface area contributed by atoms with Crippen LogP contribution < -0.4 is 17.0 Å². The zero-order chi connectivity index (χ0) is 19.0. The lowest BCUT2D eigenvalue weighted by molar-refractivity contribution is 0.1000. The Balaban J connectivity index is 2.28. The molecule has 0 bridgehead atoms. The van der Waals surface area contributed by atoms with Crippen LogP contribution in [0.5, 0.6) is 0 Å². The van der Waals surface area contributed by atoms with Gasteiger partial charge in [0.25, 0.3) is 11.5 Å². The van der Waals surface area contributed by atoms with E-state index in [0.29, 0.717) is 24.2 Å². The van der Waals surface area contributed by atoms with E-state index in [4.69, 9.17) is 16.2 Å². The number of aromatic nitrogens is 1. The summed E-state index contributed by atoms with van der Waals surface area (Å²) in [5.74, 6) is -0.923. The molecule has 7 heteroatoms. The minimum atomic E-state index is -0.709. The molecule has 0 saturated heterocycles. The molecule has 2 atom stereocenters. The van der Waals surface area contributed by atoms with Crippen molar-refractivity contribution in [2.75, 3.05) is 18.9 Å². The summed E-state index contributed by atoms with van der Waals surface area (Å²) in [4.78, 5) is 25.2. The summed E-state index contributed by atoms with van der Waals surface area (Å²) in [7, 11) is 0. The smallest absolute Gasteiger partial charge is 0.260 e. The Morgan fingerprint density at radius 3 is 2.73 bits per heavy atom. The highest BCUT2D eigenvalue weighted by Gasteiger charge is 2.31. The minimum absolute atomic E-state index is 0.00266. The van der Waals surface area contributed by atoms with Crippen molar-refractivity contribution < 1.29 is 14.6 Å². The van der Waals surface area contributed by atoms with Crippen LogP contribution in [-0.2, 0) is 4.74 Å². The molecule has 1 amide bonds. The number of hydrogen-bond donors (Lipinski definition) is 3. The highest BCUT2D eigenvalue weighted by atomic mass is 16.5. The lowest BCUT2D eigenvalue weighted by atomic mass is 9.88. The van der Waals surface area contributed by atoms with Crippen molar-refractivity contribution in [2.24, 2.45) is 11.7 Å². The molecule has 1 aliphatic heterocycles. The van der Waals surface area contributed by atoms with Gasteiger partial charge in [-0.05, 0) is 36.6 Å². The summed E-state index contributed by atoms with van der Waals surface area (Å²) in [6.45, 7) is 4.54. The molecule has 3 rings (SSSR count). The van der Waals surface area contributed by atoms with E-state index in [-0.39, 0.29) is 35.2 Å². The maximum Gasteiger partial charge on any atom is 0.260 e. The summed E-state index contributed by atoms with van der Waals surface area (Å²) >= 11 is 0. The summed E-state index contributed by atoms with van der Waals surface area (Å²) < 4.78 is 6.81. The molecule has 0 radical (unpaired) electrons. The molecule has 1 aliphatic carbocycles. The first-order valence-electron chi connectivity index (χ1n) is 8.52. The number of aliphatic hydroxyl groups is 1. The van der Waals surface area contributed by atoms with Crippen LogP contribution in [0.4, 0.5) is 5.82 Å². The topological polar surface area (TPSA) is 121 Å². The number of nitrogen functional groups attached to an aromatic ring is 1. The lowest BCUT2D eigenvalue weighted by Gasteiger charge is -2.31. The third-order valence-corrected chi connectivity index (χ3v) is 5.00. The Morgan fingerprint density at radius 1 is 1.38 bits per heavy atom. The number of carbonyl (C=O) groups is 1. The molecule has 26 heavy (non-hydrogen) atoms. The van der Waals surface area contributed by atoms with Gasteiger partial charge in [0, 0.05) is 11.5 Å². The van der Waals surface area contributed by atoms with Gasteiger partial charge >= 0.3 is 0 Å². The number of nitrogens with two attached hydrogens (primary N) is 2. The van der Waals surface area contributed by atoms with Gasteiger partial charge in [0.05, 0.1) is 30.6 Å². The number of nitrogens with zero attached hydrogens (tertiary/aromatic N) is 1. The van der Waals surface area contributed by atoms with E-state index in [1.165, 1.54) is 10.6 Å². The summed E-state index contributed by atoms with van der Waals surface area (Å²) in [6, 6.07) is 0.940. The van der Waals surface area contributed by atoms with Crippen molar-refractivity contribution in [3.8, 4) is 0 Å². The second kappa shape index (κ2) is 6.84. The monoisotopic (exact) mass is 357 g/mol. The van der Waals surface area contributed by atoms with Crippen LogP contribution in [0, 0.1) is 5.92 Å². The highest BCUT2D eigenvalue weighted by molar-refractivity contribution is 5.98. The summed E-state index contributed by atoms with van der Waals surface area (Å²) in [5, 5.41) is 10.1. The third-order valence-electron chi connectivity index (χ3n) is 5.00. The molecule has 1 aromatic heterocycles. The molecule has 5 N–H and O–H groups in total. The van der Waals surface area contributed by atoms with Gasteiger partial charge in [-0.3, -0.25) is 14.2 Å². The van der Waals surface area contributed by atoms with Gasteiger partial charge in [0.2, 0.25) is 0 Å². The van der Waals surface area contributed by atoms with Crippen molar-refractivity contribution in [3.05, 3.63) is 57.1 Å². The van der Waals surface area contributed by atoms with Crippen LogP contribution in [0.3, 0.4) is 0 Å². The summed E-state index contributed by atoms with van der Waals surface area (Å²) in [6.07, 6.45) is 5.96. The average Bonchev–Trinajstić information content (AvgIpc) is 2.61. The normalized spacial score (nSPS) is 23.1. The van der Waals surface area contributed by atoms with Gasteiger partial charge < -0.3 is 21.3 Å². The van der Waals surface area contributed by atoms with E-state index < -0.39 is 11.9 Å². The number of hydrogen-bond acceptors (Lipinski definition) is 5. The molecule has 7 nitrogen and oxygen atoms in total. The molecule has 0 aromatic carbocycles. The second-order valence-electron chi connectivity index (χ2n) is 6.70. The van der Waals surface area contributed by atoms with Crippen molar-refractivity contribution in [1.29, 1.82) is 0 Å². The van der Waals surface area contributed by atoms with Crippen LogP contribution in [0.1, 0.15) is 42.2 Å². The number of primary amides is 1. The van der Waals surface area contributed by atoms with Gasteiger partial charge in [-0.2, -0.15) is 0 Å². The third kappa shape index (κ3) is 2.94. The Bertz CT molecular complexity index is 908. The van der Waals surface area contributed by atoms with E-state index in [2.05, 4.69) is 0 Å². The molecule has 1 unspecified atom stereocenters. The van der Waals surface area contributed by atoms with Gasteiger partial charge in [-0.25, -0.2) is 0 Å². The Morgan fingerprint density at radius 2 is 2.12 bits per heavy atom. The quantitative estimate of drug-likeness (QED) is 0.763. The fraction of sp³-hybridized carbons (Fsp3) is 0.368. The Kier molecular flexibility index (Phi) is 4.73. The number of carbonyl (C=O) groups excluding carboxylic acids is 1. The first-order chi connectivity index (χ1) is 12.3. The van der Waals surface area contributed by atoms with Crippen molar-refractivity contribution in [2.45, 2.75) is 26.3 Å². The zero-order valence-electron chi connectivity index (χ0n) is 14.9. The SMILES string of the molecule is CC1=CC=C(O)[C@@H](C)C1n1c(N)c(C(N)=O)cc(C2=CCCOC2)c1=O. The number of rotatable bonds is 3. The van der Waals surface area contributed by atoms with Crippen molar-refractivity contribution >= 4 is 17.3 Å². The number of pyridine rings is 1. The standard InChI is InChI=1S/C19H23N3O4/c1-10-5-6-15(23)11(2)16(10)22-17(20)14(18(21)24)8-13(19(22)25)12-4-3-7-26-9-12/h4-6,8,11,16,23H,3,7,9,20H2,1-2H3,(H2,21,24)/t11-,16?/m1/s1. The second-order valence-corrected chi connectivity index (χ2v) is 6.70. The molecule has 2 aliphatic rings. The fourth-order valence-corrected chi connectivity index (χ4v) is 3.55. The van der Waals surface area contributed by atoms with Gasteiger partial charge in [0.15, 0.2) is 0 Å². The largest absolute Gasteiger partial charge is 0.512 e. The molecule has 1 aromatic rings. The van der Waals surface area contributed by atoms with Crippen LogP contribution >= 0.6 is 0 Å². The van der Waals surface area contributed by atoms with Gasteiger partial charge in [0.1, 0.15) is 5.82 Å². The maximum absolute atomic E-state index is 13.3.